The number of hydrogen-bond donors (Lipinski definition) is 1. The van der Waals surface area contributed by atoms with E-state index in [-0.39, 0.29) is 12.4 Å². The Labute approximate surface area is 109 Å². The predicted octanol–water partition coefficient (Wildman–Crippen LogP) is 2.86. The van der Waals surface area contributed by atoms with Gasteiger partial charge in [-0.3, -0.25) is 4.90 Å². The fraction of sp³-hybridized carbons (Fsp3) is 0.600. The molecule has 0 unspecified atom stereocenters. The van der Waals surface area contributed by atoms with Crippen molar-refractivity contribution in [1.82, 2.24) is 4.90 Å². The van der Waals surface area contributed by atoms with Crippen molar-refractivity contribution in [2.75, 3.05) is 13.1 Å². The molecule has 1 aliphatic rings. The van der Waals surface area contributed by atoms with E-state index in [9.17, 15) is 0 Å². The van der Waals surface area contributed by atoms with E-state index in [2.05, 4.69) is 32.3 Å². The lowest BCUT2D eigenvalue weighted by molar-refractivity contribution is 0.206. The van der Waals surface area contributed by atoms with E-state index in [1.165, 1.54) is 9.35 Å². The van der Waals surface area contributed by atoms with E-state index in [1.54, 1.807) is 11.3 Å². The zero-order chi connectivity index (χ0) is 9.97. The second-order valence-electron chi connectivity index (χ2n) is 3.87. The maximum absolute atomic E-state index is 5.86. The molecule has 2 rings (SSSR count). The van der Waals surface area contributed by atoms with E-state index >= 15 is 0 Å². The summed E-state index contributed by atoms with van der Waals surface area (Å²) in [6.07, 6.45) is 2.29. The molecule has 86 valence electrons. The Morgan fingerprint density at radius 2 is 2.13 bits per heavy atom. The molecule has 0 amide bonds. The van der Waals surface area contributed by atoms with Crippen molar-refractivity contribution < 1.29 is 0 Å². The molecule has 1 aromatic heterocycles. The zero-order valence-corrected chi connectivity index (χ0v) is 11.7. The summed E-state index contributed by atoms with van der Waals surface area (Å²) >= 11 is 5.25. The molecule has 2 N–H and O–H groups in total. The molecule has 0 saturated carbocycles. The number of halogens is 2. The predicted molar refractivity (Wildman–Crippen MR) is 71.8 cm³/mol. The number of hydrogen-bond acceptors (Lipinski definition) is 3. The minimum atomic E-state index is 0. The molecule has 0 aromatic carbocycles. The third-order valence-electron chi connectivity index (χ3n) is 2.66. The third-order valence-corrected chi connectivity index (χ3v) is 4.21. The van der Waals surface area contributed by atoms with Gasteiger partial charge in [0.15, 0.2) is 0 Å². The quantitative estimate of drug-likeness (QED) is 0.910. The zero-order valence-electron chi connectivity index (χ0n) is 8.49. The van der Waals surface area contributed by atoms with Crippen LogP contribution in [-0.4, -0.2) is 24.0 Å². The molecule has 0 radical (unpaired) electrons. The topological polar surface area (TPSA) is 29.3 Å². The number of nitrogens with two attached hydrogens (primary N) is 1. The van der Waals surface area contributed by atoms with Gasteiger partial charge in [0, 0.05) is 12.6 Å². The van der Waals surface area contributed by atoms with Crippen LogP contribution in [-0.2, 0) is 6.54 Å². The minimum absolute atomic E-state index is 0. The first-order valence-corrected chi connectivity index (χ1v) is 6.62. The molecule has 2 heterocycles. The molecule has 1 saturated heterocycles. The highest BCUT2D eigenvalue weighted by Gasteiger charge is 2.16. The van der Waals surface area contributed by atoms with Gasteiger partial charge in [-0.05, 0) is 58.9 Å². The summed E-state index contributed by atoms with van der Waals surface area (Å²) in [7, 11) is 0. The van der Waals surface area contributed by atoms with E-state index in [0.717, 1.165) is 32.5 Å². The number of nitrogens with zero attached hydrogens (tertiary/aromatic N) is 1. The van der Waals surface area contributed by atoms with Crippen LogP contribution in [0.4, 0.5) is 0 Å². The number of rotatable bonds is 2. The highest BCUT2D eigenvalue weighted by Crippen LogP contribution is 2.22. The van der Waals surface area contributed by atoms with Crippen LogP contribution in [0.25, 0.3) is 0 Å². The standard InChI is InChI=1S/C10H15BrN2S.ClH/c11-10-5-8(7-14-10)6-13-3-1-9(12)2-4-13;/h5,7,9H,1-4,6,12H2;1H. The molecule has 0 bridgehead atoms. The normalized spacial score (nSPS) is 18.8. The van der Waals surface area contributed by atoms with Crippen molar-refractivity contribution in [3.8, 4) is 0 Å². The molecule has 1 aromatic rings. The summed E-state index contributed by atoms with van der Waals surface area (Å²) in [4.78, 5) is 2.48. The van der Waals surface area contributed by atoms with Gasteiger partial charge in [0.05, 0.1) is 3.79 Å². The first kappa shape index (κ1) is 13.5. The number of piperidine rings is 1. The van der Waals surface area contributed by atoms with Crippen LogP contribution in [0.5, 0.6) is 0 Å². The Morgan fingerprint density at radius 1 is 1.47 bits per heavy atom. The lowest BCUT2D eigenvalue weighted by atomic mass is 10.1. The Balaban J connectivity index is 0.00000112. The molecule has 0 atom stereocenters. The Hall–Kier alpha value is 0.390. The lowest BCUT2D eigenvalue weighted by Gasteiger charge is -2.29. The van der Waals surface area contributed by atoms with E-state index in [0.29, 0.717) is 6.04 Å². The van der Waals surface area contributed by atoms with Crippen molar-refractivity contribution in [1.29, 1.82) is 0 Å². The smallest absolute Gasteiger partial charge is 0.0701 e. The van der Waals surface area contributed by atoms with Gasteiger partial charge < -0.3 is 5.73 Å². The van der Waals surface area contributed by atoms with Gasteiger partial charge in [0.1, 0.15) is 0 Å². The van der Waals surface area contributed by atoms with E-state index in [4.69, 9.17) is 5.73 Å². The van der Waals surface area contributed by atoms with Gasteiger partial charge in [-0.1, -0.05) is 0 Å². The van der Waals surface area contributed by atoms with Crippen molar-refractivity contribution in [2.45, 2.75) is 25.4 Å². The summed E-state index contributed by atoms with van der Waals surface area (Å²) in [6.45, 7) is 3.37. The fourth-order valence-corrected chi connectivity index (χ4v) is 3.00. The summed E-state index contributed by atoms with van der Waals surface area (Å²) in [5, 5.41) is 2.22. The average molecular weight is 312 g/mol. The van der Waals surface area contributed by atoms with Crippen LogP contribution < -0.4 is 5.73 Å². The van der Waals surface area contributed by atoms with Gasteiger partial charge >= 0.3 is 0 Å². The van der Waals surface area contributed by atoms with E-state index in [1.807, 2.05) is 0 Å². The number of likely N-dealkylation sites (tertiary alicyclic amines) is 1. The van der Waals surface area contributed by atoms with Crippen LogP contribution >= 0.6 is 39.7 Å². The average Bonchev–Trinajstić information content (AvgIpc) is 2.56. The monoisotopic (exact) mass is 310 g/mol. The second kappa shape index (κ2) is 6.21. The van der Waals surface area contributed by atoms with Crippen LogP contribution in [0.15, 0.2) is 15.2 Å². The van der Waals surface area contributed by atoms with Crippen molar-refractivity contribution in [3.63, 3.8) is 0 Å². The molecular weight excluding hydrogens is 296 g/mol. The van der Waals surface area contributed by atoms with Gasteiger partial charge in [0.2, 0.25) is 0 Å². The largest absolute Gasteiger partial charge is 0.328 e. The molecule has 5 heteroatoms. The molecule has 2 nitrogen and oxygen atoms in total. The van der Waals surface area contributed by atoms with Gasteiger partial charge in [-0.25, -0.2) is 0 Å². The molecule has 1 aliphatic heterocycles. The Bertz CT molecular complexity index is 297. The lowest BCUT2D eigenvalue weighted by Crippen LogP contribution is -2.39. The van der Waals surface area contributed by atoms with Crippen molar-refractivity contribution >= 4 is 39.7 Å². The molecule has 1 fully saturated rings. The fourth-order valence-electron chi connectivity index (χ4n) is 1.80. The molecule has 15 heavy (non-hydrogen) atoms. The van der Waals surface area contributed by atoms with Crippen LogP contribution in [0.2, 0.25) is 0 Å². The van der Waals surface area contributed by atoms with Crippen molar-refractivity contribution in [3.05, 3.63) is 20.8 Å². The SMILES string of the molecule is Cl.NC1CCN(Cc2csc(Br)c2)CC1. The maximum Gasteiger partial charge on any atom is 0.0701 e. The van der Waals surface area contributed by atoms with Gasteiger partial charge in [0.25, 0.3) is 0 Å². The van der Waals surface area contributed by atoms with Gasteiger partial charge in [-0.2, -0.15) is 0 Å². The minimum Gasteiger partial charge on any atom is -0.328 e. The molecular formula is C10H16BrClN2S. The van der Waals surface area contributed by atoms with Crippen molar-refractivity contribution in [2.24, 2.45) is 5.73 Å². The third kappa shape index (κ3) is 4.04. The summed E-state index contributed by atoms with van der Waals surface area (Å²) in [6, 6.07) is 2.64. The van der Waals surface area contributed by atoms with E-state index < -0.39 is 0 Å². The number of thiophene rings is 1. The van der Waals surface area contributed by atoms with Crippen LogP contribution in [0.1, 0.15) is 18.4 Å². The molecule has 0 spiro atoms. The first-order chi connectivity index (χ1) is 6.74. The molecule has 0 aliphatic carbocycles. The Morgan fingerprint density at radius 3 is 2.67 bits per heavy atom. The first-order valence-electron chi connectivity index (χ1n) is 4.95. The van der Waals surface area contributed by atoms with Crippen LogP contribution in [0, 0.1) is 0 Å². The van der Waals surface area contributed by atoms with Crippen LogP contribution in [0.3, 0.4) is 0 Å². The highest BCUT2D eigenvalue weighted by molar-refractivity contribution is 9.11. The summed E-state index contributed by atoms with van der Waals surface area (Å²) in [5.74, 6) is 0. The Kier molecular flexibility index (Phi) is 5.57. The second-order valence-corrected chi connectivity index (χ2v) is 6.16. The summed E-state index contributed by atoms with van der Waals surface area (Å²) < 4.78 is 1.22. The maximum atomic E-state index is 5.86. The highest BCUT2D eigenvalue weighted by atomic mass is 79.9. The van der Waals surface area contributed by atoms with Gasteiger partial charge in [-0.15, -0.1) is 23.7 Å². The summed E-state index contributed by atoms with van der Waals surface area (Å²) in [5.41, 5.74) is 7.28.